The van der Waals surface area contributed by atoms with Crippen molar-refractivity contribution in [3.63, 3.8) is 0 Å². The predicted octanol–water partition coefficient (Wildman–Crippen LogP) is 1.35. The summed E-state index contributed by atoms with van der Waals surface area (Å²) < 4.78 is 1.88. The van der Waals surface area contributed by atoms with Crippen LogP contribution in [0.5, 0.6) is 0 Å². The van der Waals surface area contributed by atoms with Crippen LogP contribution in [-0.4, -0.2) is 32.0 Å². The van der Waals surface area contributed by atoms with E-state index in [-0.39, 0.29) is 17.2 Å². The number of rotatable bonds is 4. The molecule has 0 spiro atoms. The lowest BCUT2D eigenvalue weighted by atomic mass is 9.90. The van der Waals surface area contributed by atoms with Crippen molar-refractivity contribution in [3.8, 4) is 0 Å². The highest BCUT2D eigenvalue weighted by Gasteiger charge is 2.34. The van der Waals surface area contributed by atoms with E-state index in [0.717, 1.165) is 19.3 Å². The molecule has 7 nitrogen and oxygen atoms in total. The fraction of sp³-hybridized carbons (Fsp3) is 0.600. The number of carbonyl (C=O) groups excluding carboxylic acids is 1. The molecule has 1 unspecified atom stereocenters. The molecule has 2 aromatic heterocycles. The van der Waals surface area contributed by atoms with Gasteiger partial charge in [0.25, 0.3) is 0 Å². The molecule has 118 valence electrons. The Bertz CT molecular complexity index is 692. The molecule has 0 aliphatic heterocycles. The maximum atomic E-state index is 12.2. The quantitative estimate of drug-likeness (QED) is 0.888. The van der Waals surface area contributed by atoms with E-state index in [9.17, 15) is 4.79 Å². The summed E-state index contributed by atoms with van der Waals surface area (Å²) in [5.74, 6) is 0.678. The van der Waals surface area contributed by atoms with Crippen molar-refractivity contribution in [2.45, 2.75) is 39.7 Å². The molecular formula is C15H22N6O. The van der Waals surface area contributed by atoms with Crippen LogP contribution in [-0.2, 0) is 11.3 Å². The van der Waals surface area contributed by atoms with Gasteiger partial charge in [-0.3, -0.25) is 4.79 Å². The number of amides is 1. The van der Waals surface area contributed by atoms with E-state index in [1.165, 1.54) is 6.33 Å². The molecule has 0 saturated heterocycles. The Morgan fingerprint density at radius 3 is 3.00 bits per heavy atom. The third-order valence-electron chi connectivity index (χ3n) is 4.42. The first-order valence-electron chi connectivity index (χ1n) is 7.65. The average molecular weight is 302 g/mol. The minimum atomic E-state index is 0.146. The Morgan fingerprint density at radius 2 is 2.27 bits per heavy atom. The number of carbonyl (C=O) groups is 1. The Balaban J connectivity index is 1.57. The van der Waals surface area contributed by atoms with Gasteiger partial charge in [-0.25, -0.2) is 15.0 Å². The SMILES string of the molecule is CC1(C)CCC(C(=O)NCCn2cnc3c(N)ncnc32)C1. The maximum absolute atomic E-state index is 12.2. The van der Waals surface area contributed by atoms with Crippen molar-refractivity contribution in [2.24, 2.45) is 11.3 Å². The summed E-state index contributed by atoms with van der Waals surface area (Å²) in [5.41, 5.74) is 7.35. The smallest absolute Gasteiger partial charge is 0.223 e. The zero-order valence-electron chi connectivity index (χ0n) is 13.0. The second kappa shape index (κ2) is 5.55. The van der Waals surface area contributed by atoms with Crippen LogP contribution in [0.1, 0.15) is 33.1 Å². The lowest BCUT2D eigenvalue weighted by molar-refractivity contribution is -0.125. The van der Waals surface area contributed by atoms with Crippen LogP contribution in [0.15, 0.2) is 12.7 Å². The van der Waals surface area contributed by atoms with Gasteiger partial charge < -0.3 is 15.6 Å². The molecule has 1 aliphatic rings. The van der Waals surface area contributed by atoms with Crippen LogP contribution in [0.2, 0.25) is 0 Å². The van der Waals surface area contributed by atoms with Crippen LogP contribution in [0, 0.1) is 11.3 Å². The van der Waals surface area contributed by atoms with Gasteiger partial charge in [-0.15, -0.1) is 0 Å². The standard InChI is InChI=1S/C15H22N6O/c1-15(2)4-3-10(7-15)14(22)17-5-6-21-9-20-11-12(16)18-8-19-13(11)21/h8-10H,3-7H2,1-2H3,(H,17,22)(H2,16,18,19). The summed E-state index contributed by atoms with van der Waals surface area (Å²) in [6, 6.07) is 0. The van der Waals surface area contributed by atoms with Crippen molar-refractivity contribution in [2.75, 3.05) is 12.3 Å². The van der Waals surface area contributed by atoms with Gasteiger partial charge in [0.1, 0.15) is 11.8 Å². The minimum Gasteiger partial charge on any atom is -0.382 e. The summed E-state index contributed by atoms with van der Waals surface area (Å²) in [6.45, 7) is 5.63. The Labute approximate surface area is 129 Å². The van der Waals surface area contributed by atoms with Gasteiger partial charge >= 0.3 is 0 Å². The molecule has 3 rings (SSSR count). The van der Waals surface area contributed by atoms with E-state index in [1.54, 1.807) is 6.33 Å². The van der Waals surface area contributed by atoms with Crippen LogP contribution >= 0.6 is 0 Å². The predicted molar refractivity (Wildman–Crippen MR) is 83.9 cm³/mol. The topological polar surface area (TPSA) is 98.7 Å². The summed E-state index contributed by atoms with van der Waals surface area (Å²) >= 11 is 0. The van der Waals surface area contributed by atoms with Gasteiger partial charge in [-0.1, -0.05) is 13.8 Å². The highest BCUT2D eigenvalue weighted by Crippen LogP contribution is 2.40. The molecule has 7 heteroatoms. The lowest BCUT2D eigenvalue weighted by Gasteiger charge is -2.17. The normalized spacial score (nSPS) is 20.4. The largest absolute Gasteiger partial charge is 0.382 e. The van der Waals surface area contributed by atoms with Crippen molar-refractivity contribution in [3.05, 3.63) is 12.7 Å². The highest BCUT2D eigenvalue weighted by atomic mass is 16.1. The number of aromatic nitrogens is 4. The number of nitrogens with one attached hydrogen (secondary N) is 1. The number of anilines is 1. The van der Waals surface area contributed by atoms with Crippen LogP contribution in [0.4, 0.5) is 5.82 Å². The molecule has 0 bridgehead atoms. The van der Waals surface area contributed by atoms with E-state index in [2.05, 4.69) is 34.1 Å². The molecule has 1 fully saturated rings. The molecule has 1 amide bonds. The Hall–Kier alpha value is -2.18. The molecule has 2 aromatic rings. The van der Waals surface area contributed by atoms with E-state index in [4.69, 9.17) is 5.73 Å². The summed E-state index contributed by atoms with van der Waals surface area (Å²) in [5, 5.41) is 3.02. The van der Waals surface area contributed by atoms with Gasteiger partial charge in [0, 0.05) is 19.0 Å². The zero-order chi connectivity index (χ0) is 15.7. The molecule has 1 atom stereocenters. The Kier molecular flexibility index (Phi) is 3.72. The minimum absolute atomic E-state index is 0.146. The fourth-order valence-electron chi connectivity index (χ4n) is 3.17. The highest BCUT2D eigenvalue weighted by molar-refractivity contribution is 5.81. The summed E-state index contributed by atoms with van der Waals surface area (Å²) in [7, 11) is 0. The Morgan fingerprint density at radius 1 is 1.45 bits per heavy atom. The van der Waals surface area contributed by atoms with Crippen LogP contribution in [0.25, 0.3) is 11.2 Å². The molecule has 0 radical (unpaired) electrons. The average Bonchev–Trinajstić information content (AvgIpc) is 3.03. The molecule has 0 aromatic carbocycles. The number of nitrogens with two attached hydrogens (primary N) is 1. The number of hydrogen-bond acceptors (Lipinski definition) is 5. The molecule has 2 heterocycles. The summed E-state index contributed by atoms with van der Waals surface area (Å²) in [6.07, 6.45) is 6.18. The van der Waals surface area contributed by atoms with Crippen molar-refractivity contribution in [1.29, 1.82) is 0 Å². The first kappa shape index (κ1) is 14.7. The number of imidazole rings is 1. The number of nitrogen functional groups attached to an aromatic ring is 1. The van der Waals surface area contributed by atoms with Gasteiger partial charge in [0.15, 0.2) is 11.5 Å². The lowest BCUT2D eigenvalue weighted by Crippen LogP contribution is -2.32. The molecule has 22 heavy (non-hydrogen) atoms. The number of hydrogen-bond donors (Lipinski definition) is 2. The summed E-state index contributed by atoms with van der Waals surface area (Å²) in [4.78, 5) is 24.5. The van der Waals surface area contributed by atoms with Gasteiger partial charge in [-0.2, -0.15) is 0 Å². The van der Waals surface area contributed by atoms with E-state index in [0.29, 0.717) is 30.1 Å². The fourth-order valence-corrected chi connectivity index (χ4v) is 3.17. The van der Waals surface area contributed by atoms with Gasteiger partial charge in [0.05, 0.1) is 6.33 Å². The van der Waals surface area contributed by atoms with Crippen molar-refractivity contribution < 1.29 is 4.79 Å². The number of fused-ring (bicyclic) bond motifs is 1. The van der Waals surface area contributed by atoms with E-state index in [1.807, 2.05) is 4.57 Å². The van der Waals surface area contributed by atoms with E-state index >= 15 is 0 Å². The zero-order valence-corrected chi connectivity index (χ0v) is 13.0. The first-order valence-corrected chi connectivity index (χ1v) is 7.65. The van der Waals surface area contributed by atoms with Gasteiger partial charge in [0.2, 0.25) is 5.91 Å². The maximum Gasteiger partial charge on any atom is 0.223 e. The monoisotopic (exact) mass is 302 g/mol. The van der Waals surface area contributed by atoms with Crippen molar-refractivity contribution in [1.82, 2.24) is 24.8 Å². The first-order chi connectivity index (χ1) is 10.5. The van der Waals surface area contributed by atoms with Gasteiger partial charge in [-0.05, 0) is 24.7 Å². The third-order valence-corrected chi connectivity index (χ3v) is 4.42. The molecule has 1 saturated carbocycles. The van der Waals surface area contributed by atoms with E-state index < -0.39 is 0 Å². The third kappa shape index (κ3) is 2.88. The molecule has 1 aliphatic carbocycles. The second-order valence-corrected chi connectivity index (χ2v) is 6.76. The van der Waals surface area contributed by atoms with Crippen LogP contribution < -0.4 is 11.1 Å². The molecular weight excluding hydrogens is 280 g/mol. The van der Waals surface area contributed by atoms with Crippen molar-refractivity contribution >= 4 is 22.9 Å². The number of nitrogens with zero attached hydrogens (tertiary/aromatic N) is 4. The van der Waals surface area contributed by atoms with Crippen LogP contribution in [0.3, 0.4) is 0 Å². The second-order valence-electron chi connectivity index (χ2n) is 6.76. The molecule has 3 N–H and O–H groups in total.